The van der Waals surface area contributed by atoms with E-state index >= 15 is 0 Å². The molecule has 0 unspecified atom stereocenters. The molecule has 0 aromatic carbocycles. The molecule has 0 aliphatic rings. The molecular weight excluding hydrogens is 190 g/mol. The van der Waals surface area contributed by atoms with Crippen LogP contribution in [0.3, 0.4) is 0 Å². The van der Waals surface area contributed by atoms with Crippen molar-refractivity contribution in [1.29, 1.82) is 0 Å². The van der Waals surface area contributed by atoms with E-state index in [2.05, 4.69) is 4.98 Å². The Hall–Kier alpha value is -1.22. The van der Waals surface area contributed by atoms with Gasteiger partial charge in [-0.05, 0) is 31.4 Å². The maximum atomic E-state index is 12.0. The molecule has 1 N–H and O–H groups in total. The summed E-state index contributed by atoms with van der Waals surface area (Å²) in [5.41, 5.74) is 0.173. The predicted octanol–water partition coefficient (Wildman–Crippen LogP) is 2.12. The lowest BCUT2D eigenvalue weighted by atomic mass is 9.88. The molecular formula is C12H17NO2. The Morgan fingerprint density at radius 3 is 2.47 bits per heavy atom. The lowest BCUT2D eigenvalue weighted by Gasteiger charge is -2.23. The van der Waals surface area contributed by atoms with Crippen molar-refractivity contribution in [3.63, 3.8) is 0 Å². The standard InChI is InChI=1S/C12H17NO2/c1-4-12(15,5-2)11(14)10-6-9(3)7-13-8-10/h6-8,15H,4-5H2,1-3H3. The Morgan fingerprint density at radius 1 is 1.40 bits per heavy atom. The first-order valence-corrected chi connectivity index (χ1v) is 5.22. The molecule has 1 heterocycles. The molecule has 3 nitrogen and oxygen atoms in total. The SMILES string of the molecule is CCC(O)(CC)C(=O)c1cncc(C)c1. The fraction of sp³-hybridized carbons (Fsp3) is 0.500. The number of rotatable bonds is 4. The number of nitrogens with zero attached hydrogens (tertiary/aromatic N) is 1. The van der Waals surface area contributed by atoms with Crippen molar-refractivity contribution in [3.8, 4) is 0 Å². The Labute approximate surface area is 90.2 Å². The summed E-state index contributed by atoms with van der Waals surface area (Å²) in [7, 11) is 0. The molecule has 0 aliphatic carbocycles. The van der Waals surface area contributed by atoms with Gasteiger partial charge in [-0.15, -0.1) is 0 Å². The second kappa shape index (κ2) is 4.53. The van der Waals surface area contributed by atoms with Gasteiger partial charge in [0.1, 0.15) is 5.60 Å². The van der Waals surface area contributed by atoms with Gasteiger partial charge < -0.3 is 5.11 Å². The van der Waals surface area contributed by atoms with Crippen molar-refractivity contribution in [2.24, 2.45) is 0 Å². The van der Waals surface area contributed by atoms with Crippen LogP contribution in [0.5, 0.6) is 0 Å². The molecule has 0 aliphatic heterocycles. The first kappa shape index (κ1) is 11.9. The smallest absolute Gasteiger partial charge is 0.195 e. The molecule has 0 fully saturated rings. The summed E-state index contributed by atoms with van der Waals surface area (Å²) >= 11 is 0. The molecule has 0 saturated heterocycles. The third kappa shape index (κ3) is 2.42. The summed E-state index contributed by atoms with van der Waals surface area (Å²) < 4.78 is 0. The highest BCUT2D eigenvalue weighted by molar-refractivity contribution is 6.02. The van der Waals surface area contributed by atoms with Crippen molar-refractivity contribution in [1.82, 2.24) is 4.98 Å². The molecule has 0 spiro atoms. The van der Waals surface area contributed by atoms with E-state index in [0.29, 0.717) is 18.4 Å². The molecule has 0 bridgehead atoms. The van der Waals surface area contributed by atoms with Crippen LogP contribution in [0.2, 0.25) is 0 Å². The minimum Gasteiger partial charge on any atom is -0.382 e. The van der Waals surface area contributed by atoms with Crippen LogP contribution in [0.15, 0.2) is 18.5 Å². The highest BCUT2D eigenvalue weighted by Crippen LogP contribution is 2.20. The zero-order chi connectivity index (χ0) is 11.5. The first-order chi connectivity index (χ1) is 7.03. The topological polar surface area (TPSA) is 50.2 Å². The van der Waals surface area contributed by atoms with Gasteiger partial charge in [0, 0.05) is 18.0 Å². The van der Waals surface area contributed by atoms with Crippen molar-refractivity contribution in [2.75, 3.05) is 0 Å². The van der Waals surface area contributed by atoms with Crippen LogP contribution in [0.1, 0.15) is 42.6 Å². The molecule has 15 heavy (non-hydrogen) atoms. The van der Waals surface area contributed by atoms with Gasteiger partial charge in [0.2, 0.25) is 0 Å². The van der Waals surface area contributed by atoms with E-state index in [0.717, 1.165) is 5.56 Å². The Balaban J connectivity index is 3.03. The van der Waals surface area contributed by atoms with Gasteiger partial charge in [-0.25, -0.2) is 0 Å². The maximum Gasteiger partial charge on any atom is 0.195 e. The van der Waals surface area contributed by atoms with Gasteiger partial charge in [-0.1, -0.05) is 13.8 Å². The van der Waals surface area contributed by atoms with Crippen LogP contribution < -0.4 is 0 Å². The molecule has 82 valence electrons. The summed E-state index contributed by atoms with van der Waals surface area (Å²) in [6.45, 7) is 5.50. The van der Waals surface area contributed by atoms with Crippen molar-refractivity contribution < 1.29 is 9.90 Å². The molecule has 1 aromatic rings. The lowest BCUT2D eigenvalue weighted by molar-refractivity contribution is 0.0277. The van der Waals surface area contributed by atoms with Crippen molar-refractivity contribution in [2.45, 2.75) is 39.2 Å². The highest BCUT2D eigenvalue weighted by Gasteiger charge is 2.32. The summed E-state index contributed by atoms with van der Waals surface area (Å²) in [6, 6.07) is 1.76. The number of hydrogen-bond donors (Lipinski definition) is 1. The van der Waals surface area contributed by atoms with E-state index in [4.69, 9.17) is 0 Å². The minimum atomic E-state index is -1.24. The number of carbonyl (C=O) groups is 1. The van der Waals surface area contributed by atoms with Crippen LogP contribution in [-0.2, 0) is 0 Å². The molecule has 1 aromatic heterocycles. The minimum absolute atomic E-state index is 0.233. The summed E-state index contributed by atoms with van der Waals surface area (Å²) in [5, 5.41) is 10.1. The molecule has 0 radical (unpaired) electrons. The van der Waals surface area contributed by atoms with Crippen LogP contribution in [0.25, 0.3) is 0 Å². The number of hydrogen-bond acceptors (Lipinski definition) is 3. The second-order valence-corrected chi connectivity index (χ2v) is 3.82. The average Bonchev–Trinajstić information content (AvgIpc) is 2.27. The fourth-order valence-electron chi connectivity index (χ4n) is 1.52. The molecule has 0 atom stereocenters. The Bertz CT molecular complexity index is 356. The first-order valence-electron chi connectivity index (χ1n) is 5.22. The second-order valence-electron chi connectivity index (χ2n) is 3.82. The van der Waals surface area contributed by atoms with Gasteiger partial charge in [0.15, 0.2) is 5.78 Å². The lowest BCUT2D eigenvalue weighted by Crippen LogP contribution is -2.37. The van der Waals surface area contributed by atoms with Gasteiger partial charge in [0.25, 0.3) is 0 Å². The number of carbonyl (C=O) groups excluding carboxylic acids is 1. The third-order valence-corrected chi connectivity index (χ3v) is 2.73. The Morgan fingerprint density at radius 2 is 2.00 bits per heavy atom. The van der Waals surface area contributed by atoms with Gasteiger partial charge in [-0.2, -0.15) is 0 Å². The number of aryl methyl sites for hydroxylation is 1. The summed E-state index contributed by atoms with van der Waals surface area (Å²) in [5.74, 6) is -0.233. The quantitative estimate of drug-likeness (QED) is 0.769. The third-order valence-electron chi connectivity index (χ3n) is 2.73. The molecule has 0 saturated carbocycles. The number of pyridine rings is 1. The van der Waals surface area contributed by atoms with Gasteiger partial charge in [-0.3, -0.25) is 9.78 Å². The van der Waals surface area contributed by atoms with Crippen molar-refractivity contribution >= 4 is 5.78 Å². The van der Waals surface area contributed by atoms with E-state index in [9.17, 15) is 9.90 Å². The monoisotopic (exact) mass is 207 g/mol. The number of Topliss-reactive ketones (excluding diaryl/α,β-unsaturated/α-hetero) is 1. The zero-order valence-electron chi connectivity index (χ0n) is 9.45. The fourth-order valence-corrected chi connectivity index (χ4v) is 1.52. The van der Waals surface area contributed by atoms with E-state index in [1.807, 2.05) is 20.8 Å². The van der Waals surface area contributed by atoms with E-state index in [1.165, 1.54) is 6.20 Å². The van der Waals surface area contributed by atoms with Crippen LogP contribution in [-0.4, -0.2) is 21.5 Å². The normalized spacial score (nSPS) is 11.5. The van der Waals surface area contributed by atoms with Crippen molar-refractivity contribution in [3.05, 3.63) is 29.6 Å². The van der Waals surface area contributed by atoms with E-state index in [1.54, 1.807) is 12.3 Å². The number of aromatic nitrogens is 1. The molecule has 3 heteroatoms. The Kier molecular flexibility index (Phi) is 3.58. The molecule has 1 rings (SSSR count). The van der Waals surface area contributed by atoms with Gasteiger partial charge in [0.05, 0.1) is 0 Å². The van der Waals surface area contributed by atoms with Crippen LogP contribution in [0, 0.1) is 6.92 Å². The van der Waals surface area contributed by atoms with E-state index in [-0.39, 0.29) is 5.78 Å². The number of aliphatic hydroxyl groups is 1. The largest absolute Gasteiger partial charge is 0.382 e. The van der Waals surface area contributed by atoms with Crippen LogP contribution >= 0.6 is 0 Å². The van der Waals surface area contributed by atoms with E-state index < -0.39 is 5.60 Å². The van der Waals surface area contributed by atoms with Crippen LogP contribution in [0.4, 0.5) is 0 Å². The predicted molar refractivity (Wildman–Crippen MR) is 58.8 cm³/mol. The summed E-state index contributed by atoms with van der Waals surface area (Å²) in [4.78, 5) is 15.9. The summed E-state index contributed by atoms with van der Waals surface area (Å²) in [6.07, 6.45) is 4.05. The highest BCUT2D eigenvalue weighted by atomic mass is 16.3. The maximum absolute atomic E-state index is 12.0. The molecule has 0 amide bonds. The number of ketones is 1. The average molecular weight is 207 g/mol. The van der Waals surface area contributed by atoms with Gasteiger partial charge >= 0.3 is 0 Å². The zero-order valence-corrected chi connectivity index (χ0v) is 9.45.